The summed E-state index contributed by atoms with van der Waals surface area (Å²) in [5.41, 5.74) is -0.160. The minimum atomic E-state index is -1.07. The number of nitro groups is 1. The fourth-order valence-corrected chi connectivity index (χ4v) is 6.93. The van der Waals surface area contributed by atoms with Crippen LogP contribution in [-0.2, 0) is 33.3 Å². The Morgan fingerprint density at radius 1 is 0.540 bits per heavy atom. The molecule has 0 fully saturated rings. The molecule has 0 spiro atoms. The summed E-state index contributed by atoms with van der Waals surface area (Å²) in [6.45, 7) is 6.01. The second kappa shape index (κ2) is 40.5. The lowest BCUT2D eigenvalue weighted by Gasteiger charge is -2.18. The number of benzene rings is 1. The number of unbranched alkanes of at least 4 members (excludes halogenated alkanes) is 18. The van der Waals surface area contributed by atoms with Crippen LogP contribution in [0.25, 0.3) is 0 Å². The van der Waals surface area contributed by atoms with Gasteiger partial charge in [0.15, 0.2) is 0 Å². The fraction of sp³-hybridized carbons (Fsp3) is 0.725. The number of hydrogen-bond acceptors (Lipinski definition) is 11. The van der Waals surface area contributed by atoms with E-state index in [0.29, 0.717) is 6.42 Å². The Bertz CT molecular complexity index is 1380. The number of allylic oxidation sites excluding steroid dienone is 4. The third kappa shape index (κ3) is 34.9. The quantitative estimate of drug-likeness (QED) is 0.0117. The number of nitro benzene ring substituents is 1. The van der Waals surface area contributed by atoms with Crippen LogP contribution in [0.1, 0.15) is 207 Å². The van der Waals surface area contributed by atoms with Gasteiger partial charge in [-0.25, -0.2) is 4.79 Å². The number of carbonyl (C=O) groups excluding carboxylic acids is 4. The van der Waals surface area contributed by atoms with Gasteiger partial charge in [0, 0.05) is 31.4 Å². The summed E-state index contributed by atoms with van der Waals surface area (Å²) in [5, 5.41) is 10.9. The lowest BCUT2D eigenvalue weighted by atomic mass is 10.0. The van der Waals surface area contributed by atoms with Gasteiger partial charge in [0.1, 0.15) is 31.7 Å². The maximum absolute atomic E-state index is 12.8. The van der Waals surface area contributed by atoms with Crippen LogP contribution in [0.3, 0.4) is 0 Å². The first kappa shape index (κ1) is 56.8. The van der Waals surface area contributed by atoms with Gasteiger partial charge >= 0.3 is 24.1 Å². The van der Waals surface area contributed by atoms with Crippen LogP contribution in [-0.4, -0.2) is 54.9 Å². The molecule has 0 amide bonds. The Labute approximate surface area is 379 Å². The van der Waals surface area contributed by atoms with Crippen LogP contribution in [0.4, 0.5) is 10.5 Å². The van der Waals surface area contributed by atoms with E-state index >= 15 is 0 Å². The molecule has 358 valence electrons. The first-order chi connectivity index (χ1) is 30.7. The van der Waals surface area contributed by atoms with Crippen LogP contribution in [0, 0.1) is 16.0 Å². The lowest BCUT2D eigenvalue weighted by molar-refractivity contribution is -0.384. The Kier molecular flexibility index (Phi) is 36.6. The third-order valence-corrected chi connectivity index (χ3v) is 10.8. The number of esters is 3. The van der Waals surface area contributed by atoms with Crippen molar-refractivity contribution < 1.29 is 47.8 Å². The number of carbonyl (C=O) groups is 4. The number of hydrogen-bond donors (Lipinski definition) is 0. The number of nitrogens with zero attached hydrogens (tertiary/aromatic N) is 1. The number of rotatable bonds is 41. The Morgan fingerprint density at radius 2 is 0.984 bits per heavy atom. The highest BCUT2D eigenvalue weighted by Crippen LogP contribution is 2.20. The molecule has 1 atom stereocenters. The van der Waals surface area contributed by atoms with E-state index in [1.54, 1.807) is 0 Å². The van der Waals surface area contributed by atoms with Gasteiger partial charge in [0.2, 0.25) is 0 Å². The molecule has 0 aliphatic carbocycles. The molecule has 1 unspecified atom stereocenters. The molecule has 0 saturated carbocycles. The van der Waals surface area contributed by atoms with Crippen molar-refractivity contribution in [2.45, 2.75) is 213 Å². The minimum absolute atomic E-state index is 0.00298. The van der Waals surface area contributed by atoms with Gasteiger partial charge in [-0.2, -0.15) is 0 Å². The van der Waals surface area contributed by atoms with Gasteiger partial charge in [-0.1, -0.05) is 141 Å². The van der Waals surface area contributed by atoms with Crippen molar-refractivity contribution >= 4 is 29.8 Å². The zero-order valence-corrected chi connectivity index (χ0v) is 39.3. The van der Waals surface area contributed by atoms with Crippen molar-refractivity contribution in [2.75, 3.05) is 19.8 Å². The van der Waals surface area contributed by atoms with Crippen molar-refractivity contribution in [1.82, 2.24) is 0 Å². The van der Waals surface area contributed by atoms with Crippen LogP contribution < -0.4 is 4.74 Å². The molecule has 1 aromatic rings. The van der Waals surface area contributed by atoms with Crippen LogP contribution in [0.5, 0.6) is 5.75 Å². The normalized spacial score (nSPS) is 11.9. The first-order valence-corrected chi connectivity index (χ1v) is 24.6. The monoisotopic (exact) mass is 886 g/mol. The molecule has 1 rings (SSSR count). The molecule has 0 aliphatic heterocycles. The van der Waals surface area contributed by atoms with Crippen molar-refractivity contribution in [3.63, 3.8) is 0 Å². The van der Waals surface area contributed by atoms with E-state index in [0.717, 1.165) is 83.5 Å². The molecule has 0 radical (unpaired) electrons. The fourth-order valence-electron chi connectivity index (χ4n) is 6.93. The van der Waals surface area contributed by atoms with E-state index in [4.69, 9.17) is 23.7 Å². The van der Waals surface area contributed by atoms with Crippen LogP contribution in [0.15, 0.2) is 48.6 Å². The molecule has 0 bridgehead atoms. The van der Waals surface area contributed by atoms with Crippen molar-refractivity contribution in [3.8, 4) is 5.75 Å². The Balaban J connectivity index is 2.55. The highest BCUT2D eigenvalue weighted by atomic mass is 16.7. The maximum atomic E-state index is 12.8. The predicted molar refractivity (Wildman–Crippen MR) is 250 cm³/mol. The summed E-state index contributed by atoms with van der Waals surface area (Å²) in [5.74, 6) is -1.86. The summed E-state index contributed by atoms with van der Waals surface area (Å²) in [7, 11) is 0. The molecule has 0 aromatic heterocycles. The molecule has 63 heavy (non-hydrogen) atoms. The van der Waals surface area contributed by atoms with Gasteiger partial charge in [-0.15, -0.1) is 0 Å². The summed E-state index contributed by atoms with van der Waals surface area (Å²) >= 11 is 0. The molecule has 0 aliphatic rings. The average molecular weight is 886 g/mol. The van der Waals surface area contributed by atoms with Gasteiger partial charge in [0.05, 0.1) is 10.8 Å². The Morgan fingerprint density at radius 3 is 1.54 bits per heavy atom. The van der Waals surface area contributed by atoms with E-state index in [1.165, 1.54) is 94.9 Å². The molecular formula is C51H83NO11. The zero-order valence-electron chi connectivity index (χ0n) is 39.3. The maximum Gasteiger partial charge on any atom is 0.513 e. The van der Waals surface area contributed by atoms with Gasteiger partial charge < -0.3 is 23.7 Å². The van der Waals surface area contributed by atoms with Crippen LogP contribution in [0.2, 0.25) is 0 Å². The summed E-state index contributed by atoms with van der Waals surface area (Å²) < 4.78 is 27.2. The standard InChI is InChI=1S/C51H83NO11/c1-4-7-10-13-16-17-18-19-20-21-22-23-24-27-30-34-48(53)59-41-44(43-61-51(56)63-47-39-37-45(38-40-47)52(57)58)42-60-49(54)35-31-36-50(55)62-46(32-28-25-14-11-8-5-2)33-29-26-15-12-9-6-3/h16-17,19-20,37-40,44,46H,4-15,18,21-36,41-43H2,1-3H3/b17-16-,20-19-. The molecule has 0 saturated heterocycles. The molecule has 0 N–H and O–H groups in total. The molecule has 1 aromatic carbocycles. The average Bonchev–Trinajstić information content (AvgIpc) is 3.27. The van der Waals surface area contributed by atoms with Crippen molar-refractivity contribution in [2.24, 2.45) is 5.92 Å². The van der Waals surface area contributed by atoms with E-state index in [2.05, 4.69) is 45.1 Å². The number of non-ortho nitro benzene ring substituents is 1. The molecule has 12 heteroatoms. The van der Waals surface area contributed by atoms with E-state index < -0.39 is 28.9 Å². The van der Waals surface area contributed by atoms with Crippen LogP contribution >= 0.6 is 0 Å². The molecule has 0 heterocycles. The predicted octanol–water partition coefficient (Wildman–Crippen LogP) is 14.2. The Hall–Kier alpha value is -4.22. The van der Waals surface area contributed by atoms with Crippen molar-refractivity contribution in [3.05, 3.63) is 58.7 Å². The smallest absolute Gasteiger partial charge is 0.465 e. The number of ether oxygens (including phenoxy) is 5. The third-order valence-electron chi connectivity index (χ3n) is 10.8. The van der Waals surface area contributed by atoms with Gasteiger partial charge in [-0.3, -0.25) is 24.5 Å². The van der Waals surface area contributed by atoms with E-state index in [9.17, 15) is 29.3 Å². The summed E-state index contributed by atoms with van der Waals surface area (Å²) in [6, 6.07) is 4.94. The summed E-state index contributed by atoms with van der Waals surface area (Å²) in [4.78, 5) is 61.0. The highest BCUT2D eigenvalue weighted by molar-refractivity contribution is 5.72. The second-order valence-corrected chi connectivity index (χ2v) is 16.7. The van der Waals surface area contributed by atoms with E-state index in [1.807, 2.05) is 0 Å². The second-order valence-electron chi connectivity index (χ2n) is 16.7. The van der Waals surface area contributed by atoms with E-state index in [-0.39, 0.29) is 69.0 Å². The van der Waals surface area contributed by atoms with Gasteiger partial charge in [-0.05, 0) is 82.8 Å². The molecule has 12 nitrogen and oxygen atoms in total. The van der Waals surface area contributed by atoms with Gasteiger partial charge in [0.25, 0.3) is 5.69 Å². The molecular weight excluding hydrogens is 803 g/mol. The highest BCUT2D eigenvalue weighted by Gasteiger charge is 2.20. The summed E-state index contributed by atoms with van der Waals surface area (Å²) in [6.07, 6.45) is 36.1. The minimum Gasteiger partial charge on any atom is -0.465 e. The lowest BCUT2D eigenvalue weighted by Crippen LogP contribution is -2.27. The SMILES string of the molecule is CCCCC/C=C\C/C=C\CCCCCCCC(=O)OCC(COC(=O)CCCC(=O)OC(CCCCCCCC)CCCCCCCC)COC(=O)Oc1ccc([N+](=O)[O-])cc1. The topological polar surface area (TPSA) is 158 Å². The first-order valence-electron chi connectivity index (χ1n) is 24.6. The van der Waals surface area contributed by atoms with Crippen molar-refractivity contribution in [1.29, 1.82) is 0 Å². The zero-order chi connectivity index (χ0) is 46.0. The largest absolute Gasteiger partial charge is 0.513 e.